The molecule has 0 aromatic heterocycles. The lowest BCUT2D eigenvalue weighted by atomic mass is 9.72. The van der Waals surface area contributed by atoms with Crippen molar-refractivity contribution in [3.05, 3.63) is 51.6 Å². The fourth-order valence-corrected chi connectivity index (χ4v) is 6.36. The van der Waals surface area contributed by atoms with Crippen LogP contribution in [0.5, 0.6) is 17.2 Å². The van der Waals surface area contributed by atoms with Crippen LogP contribution in [-0.4, -0.2) is 93.6 Å². The van der Waals surface area contributed by atoms with Crippen LogP contribution in [0.4, 0.5) is 0 Å². The van der Waals surface area contributed by atoms with Crippen LogP contribution in [0.25, 0.3) is 0 Å². The number of Topliss-reactive ketones (excluding diaryl/α,β-unsaturated/α-hetero) is 1. The molecule has 0 radical (unpaired) electrons. The van der Waals surface area contributed by atoms with Gasteiger partial charge in [0.05, 0.1) is 36.0 Å². The van der Waals surface area contributed by atoms with Crippen LogP contribution >= 0.6 is 0 Å². The number of hydrogen-bond donors (Lipinski definition) is 4. The molecular formula is C31H32O14. The number of carbonyl (C=O) groups is 5. The van der Waals surface area contributed by atoms with E-state index in [1.54, 1.807) is 0 Å². The molecule has 1 fully saturated rings. The number of aromatic hydroxyl groups is 2. The number of phenolic OH excluding ortho intramolecular Hbond substituents is 2. The number of methoxy groups -OCH3 is 1. The minimum absolute atomic E-state index is 0.0623. The van der Waals surface area contributed by atoms with Gasteiger partial charge in [0.2, 0.25) is 5.78 Å². The summed E-state index contributed by atoms with van der Waals surface area (Å²) in [6.45, 7) is 2.80. The van der Waals surface area contributed by atoms with Gasteiger partial charge in [-0.3, -0.25) is 24.0 Å². The Kier molecular flexibility index (Phi) is 8.44. The van der Waals surface area contributed by atoms with Gasteiger partial charge >= 0.3 is 11.9 Å². The largest absolute Gasteiger partial charge is 0.507 e. The Balaban J connectivity index is 1.62. The summed E-state index contributed by atoms with van der Waals surface area (Å²) in [5.41, 5.74) is -4.04. The second kappa shape index (κ2) is 11.9. The van der Waals surface area contributed by atoms with Crippen molar-refractivity contribution in [3.63, 3.8) is 0 Å². The molecule has 14 nitrogen and oxygen atoms in total. The van der Waals surface area contributed by atoms with Crippen LogP contribution in [0.2, 0.25) is 0 Å². The number of esters is 2. The first-order valence-corrected chi connectivity index (χ1v) is 14.1. The Labute approximate surface area is 256 Å². The van der Waals surface area contributed by atoms with Crippen molar-refractivity contribution >= 4 is 29.3 Å². The average molecular weight is 629 g/mol. The Hall–Kier alpha value is -4.37. The summed E-state index contributed by atoms with van der Waals surface area (Å²) in [7, 11) is 1.30. The molecule has 0 saturated carbocycles. The minimum atomic E-state index is -2.33. The van der Waals surface area contributed by atoms with E-state index in [2.05, 4.69) is 0 Å². The molecule has 3 aliphatic rings. The van der Waals surface area contributed by atoms with E-state index in [1.165, 1.54) is 39.2 Å². The van der Waals surface area contributed by atoms with Crippen LogP contribution in [0.1, 0.15) is 82.7 Å². The lowest BCUT2D eigenvalue weighted by Crippen LogP contribution is -2.52. The zero-order valence-electron chi connectivity index (χ0n) is 24.8. The van der Waals surface area contributed by atoms with E-state index in [4.69, 9.17) is 23.7 Å². The van der Waals surface area contributed by atoms with Crippen LogP contribution in [0.15, 0.2) is 18.2 Å². The van der Waals surface area contributed by atoms with Gasteiger partial charge < -0.3 is 44.1 Å². The zero-order chi connectivity index (χ0) is 33.0. The van der Waals surface area contributed by atoms with Crippen molar-refractivity contribution in [1.29, 1.82) is 0 Å². The number of fused-ring (bicyclic) bond motifs is 3. The number of carbonyl (C=O) groups excluding carboxylic acids is 5. The fourth-order valence-electron chi connectivity index (χ4n) is 6.36. The van der Waals surface area contributed by atoms with Gasteiger partial charge in [0.15, 0.2) is 24.0 Å². The molecule has 5 rings (SSSR count). The van der Waals surface area contributed by atoms with Gasteiger partial charge in [0, 0.05) is 49.8 Å². The van der Waals surface area contributed by atoms with Crippen molar-refractivity contribution in [3.8, 4) is 17.2 Å². The number of phenols is 2. The topological polar surface area (TPSA) is 212 Å². The molecule has 1 saturated heterocycles. The summed E-state index contributed by atoms with van der Waals surface area (Å²) in [4.78, 5) is 63.7. The molecule has 4 N–H and O–H groups in total. The Morgan fingerprint density at radius 2 is 1.67 bits per heavy atom. The van der Waals surface area contributed by atoms with Crippen LogP contribution in [0.3, 0.4) is 0 Å². The molecule has 0 spiro atoms. The van der Waals surface area contributed by atoms with E-state index in [9.17, 15) is 44.4 Å². The Bertz CT molecular complexity index is 1610. The molecule has 0 unspecified atom stereocenters. The third-order valence-electron chi connectivity index (χ3n) is 8.29. The molecule has 1 heterocycles. The summed E-state index contributed by atoms with van der Waals surface area (Å²) in [6, 6.07) is 4.30. The standard InChI is InChI=1S/C31H32O14/c1-12-30(44-14(3)34)18(43-13(2)33)8-21(42-12)45-19-10-31(40,20(35)11-32)9-16-23(19)29(39)25-24(27(16)37)26(36)15-6-5-7-17(41-4)22(15)28(25)38/h5-7,12,18-19,21,30,32,37,39-40H,8-11H2,1-4H3/t12-,18-,19-,21-,30+,31-/m0/s1. The van der Waals surface area contributed by atoms with Crippen LogP contribution in [0, 0.1) is 0 Å². The van der Waals surface area contributed by atoms with Crippen molar-refractivity contribution in [1.82, 2.24) is 0 Å². The molecule has 2 aromatic carbocycles. The van der Waals surface area contributed by atoms with E-state index >= 15 is 0 Å². The van der Waals surface area contributed by atoms with Crippen molar-refractivity contribution < 1.29 is 68.1 Å². The van der Waals surface area contributed by atoms with Gasteiger partial charge in [-0.15, -0.1) is 0 Å². The highest BCUT2D eigenvalue weighted by Crippen LogP contribution is 2.52. The predicted molar refractivity (Wildman–Crippen MR) is 149 cm³/mol. The molecule has 240 valence electrons. The molecule has 2 aliphatic carbocycles. The second-order valence-corrected chi connectivity index (χ2v) is 11.2. The number of rotatable bonds is 7. The number of aliphatic hydroxyl groups excluding tert-OH is 1. The van der Waals surface area contributed by atoms with Gasteiger partial charge in [0.25, 0.3) is 0 Å². The predicted octanol–water partition coefficient (Wildman–Crippen LogP) is 1.18. The number of ether oxygens (including phenoxy) is 5. The monoisotopic (exact) mass is 628 g/mol. The number of hydrogen-bond acceptors (Lipinski definition) is 14. The minimum Gasteiger partial charge on any atom is -0.507 e. The molecule has 0 bridgehead atoms. The first-order valence-electron chi connectivity index (χ1n) is 14.1. The van der Waals surface area contributed by atoms with Gasteiger partial charge in [-0.05, 0) is 13.0 Å². The maximum Gasteiger partial charge on any atom is 0.303 e. The SMILES string of the molecule is COc1cccc2c1C(=O)c1c(O)c3c(c(O)c1C2=O)C[C@@](O)(C(=O)CO)C[C@@H]3O[C@H]1C[C@H](OC(C)=O)[C@H](OC(C)=O)[C@H](C)O1. The van der Waals surface area contributed by atoms with Crippen molar-refractivity contribution in [2.45, 2.75) is 76.3 Å². The summed E-state index contributed by atoms with van der Waals surface area (Å²) in [5, 5.41) is 44.1. The summed E-state index contributed by atoms with van der Waals surface area (Å²) in [5.74, 6) is -5.40. The quantitative estimate of drug-likeness (QED) is 0.214. The molecule has 0 amide bonds. The normalized spacial score (nSPS) is 27.1. The highest BCUT2D eigenvalue weighted by Gasteiger charge is 2.51. The number of benzene rings is 2. The molecular weight excluding hydrogens is 596 g/mol. The highest BCUT2D eigenvalue weighted by atomic mass is 16.7. The van der Waals surface area contributed by atoms with Crippen molar-refractivity contribution in [2.75, 3.05) is 13.7 Å². The summed E-state index contributed by atoms with van der Waals surface area (Å²) < 4.78 is 28.0. The Morgan fingerprint density at radius 3 is 2.29 bits per heavy atom. The molecule has 45 heavy (non-hydrogen) atoms. The summed E-state index contributed by atoms with van der Waals surface area (Å²) >= 11 is 0. The number of ketones is 3. The zero-order valence-corrected chi connectivity index (χ0v) is 24.8. The lowest BCUT2D eigenvalue weighted by molar-refractivity contribution is -0.272. The second-order valence-electron chi connectivity index (χ2n) is 11.2. The highest BCUT2D eigenvalue weighted by molar-refractivity contribution is 6.31. The van der Waals surface area contributed by atoms with Gasteiger partial charge in [-0.1, -0.05) is 12.1 Å². The smallest absolute Gasteiger partial charge is 0.303 e. The third kappa shape index (κ3) is 5.43. The Morgan fingerprint density at radius 1 is 1.00 bits per heavy atom. The number of aliphatic hydroxyl groups is 2. The summed E-state index contributed by atoms with van der Waals surface area (Å²) in [6.07, 6.45) is -7.02. The first-order chi connectivity index (χ1) is 21.2. The van der Waals surface area contributed by atoms with E-state index < -0.39 is 108 Å². The lowest BCUT2D eigenvalue weighted by Gasteiger charge is -2.43. The van der Waals surface area contributed by atoms with Gasteiger partial charge in [0.1, 0.15) is 35.6 Å². The molecule has 1 aliphatic heterocycles. The first kappa shape index (κ1) is 32.0. The van der Waals surface area contributed by atoms with Crippen molar-refractivity contribution in [2.24, 2.45) is 0 Å². The van der Waals surface area contributed by atoms with E-state index in [0.717, 1.165) is 6.92 Å². The average Bonchev–Trinajstić information content (AvgIpc) is 2.97. The fraction of sp³-hybridized carbons (Fsp3) is 0.452. The molecule has 2 aromatic rings. The molecule has 6 atom stereocenters. The van der Waals surface area contributed by atoms with E-state index in [0.29, 0.717) is 0 Å². The van der Waals surface area contributed by atoms with E-state index in [1.807, 2.05) is 0 Å². The third-order valence-corrected chi connectivity index (χ3v) is 8.29. The van der Waals surface area contributed by atoms with Gasteiger partial charge in [-0.25, -0.2) is 0 Å². The van der Waals surface area contributed by atoms with Crippen LogP contribution in [-0.2, 0) is 39.8 Å². The maximum atomic E-state index is 13.8. The molecule has 14 heteroatoms. The van der Waals surface area contributed by atoms with Crippen LogP contribution < -0.4 is 4.74 Å². The van der Waals surface area contributed by atoms with Gasteiger partial charge in [-0.2, -0.15) is 0 Å². The maximum absolute atomic E-state index is 13.8. The van der Waals surface area contributed by atoms with E-state index in [-0.39, 0.29) is 34.4 Å².